The number of carbonyl (C=O) groups excluding carboxylic acids is 2. The Morgan fingerprint density at radius 3 is 2.56 bits per heavy atom. The van der Waals surface area contributed by atoms with Gasteiger partial charge in [0.25, 0.3) is 11.8 Å². The van der Waals surface area contributed by atoms with Gasteiger partial charge in [-0.2, -0.15) is 0 Å². The molecule has 0 atom stereocenters. The summed E-state index contributed by atoms with van der Waals surface area (Å²) < 4.78 is 5.58. The van der Waals surface area contributed by atoms with E-state index in [1.807, 2.05) is 69.3 Å². The molecule has 1 aliphatic heterocycles. The van der Waals surface area contributed by atoms with E-state index in [4.69, 9.17) is 4.74 Å². The van der Waals surface area contributed by atoms with Crippen LogP contribution >= 0.6 is 0 Å². The van der Waals surface area contributed by atoms with Crippen LogP contribution in [0.2, 0.25) is 0 Å². The van der Waals surface area contributed by atoms with Crippen LogP contribution in [-0.4, -0.2) is 28.3 Å². The summed E-state index contributed by atoms with van der Waals surface area (Å²) in [6.07, 6.45) is 3.32. The molecule has 0 spiro atoms. The number of pyridine rings is 1. The van der Waals surface area contributed by atoms with E-state index < -0.39 is 0 Å². The zero-order valence-corrected chi connectivity index (χ0v) is 18.4. The number of aryl methyl sites for hydroxylation is 2. The first-order valence-electron chi connectivity index (χ1n) is 10.5. The van der Waals surface area contributed by atoms with Gasteiger partial charge in [-0.25, -0.2) is 0 Å². The molecule has 1 N–H and O–H groups in total. The van der Waals surface area contributed by atoms with Gasteiger partial charge in [-0.1, -0.05) is 35.9 Å². The normalized spacial score (nSPS) is 13.7. The number of rotatable bonds is 7. The van der Waals surface area contributed by atoms with E-state index in [2.05, 4.69) is 10.3 Å². The first-order chi connectivity index (χ1) is 15.5. The standard InChI is InChI=1S/C26H25N3O3/c1-4-32-21-9-5-8-20(14-21)28-24-23(22-11-10-17(2)13-18(22)3)25(30)29(26(24)31)16-19-7-6-12-27-15-19/h5-15,28H,4,16H2,1-3H3. The van der Waals surface area contributed by atoms with E-state index in [0.717, 1.165) is 22.3 Å². The Labute approximate surface area is 187 Å². The lowest BCUT2D eigenvalue weighted by Crippen LogP contribution is -2.32. The van der Waals surface area contributed by atoms with Crippen molar-refractivity contribution in [3.05, 3.63) is 94.9 Å². The first-order valence-corrected chi connectivity index (χ1v) is 10.5. The van der Waals surface area contributed by atoms with Crippen molar-refractivity contribution in [2.75, 3.05) is 11.9 Å². The van der Waals surface area contributed by atoms with Gasteiger partial charge in [0.05, 0.1) is 18.7 Å². The van der Waals surface area contributed by atoms with Crippen LogP contribution in [0.25, 0.3) is 5.57 Å². The third-order valence-electron chi connectivity index (χ3n) is 5.30. The molecule has 0 fully saturated rings. The Kier molecular flexibility index (Phi) is 6.03. The maximum atomic E-state index is 13.5. The van der Waals surface area contributed by atoms with Crippen molar-refractivity contribution in [2.24, 2.45) is 0 Å². The molecule has 6 nitrogen and oxygen atoms in total. The van der Waals surface area contributed by atoms with E-state index in [-0.39, 0.29) is 24.1 Å². The Morgan fingerprint density at radius 2 is 1.84 bits per heavy atom. The fourth-order valence-corrected chi connectivity index (χ4v) is 3.83. The minimum atomic E-state index is -0.365. The quantitative estimate of drug-likeness (QED) is 0.563. The maximum absolute atomic E-state index is 13.5. The molecule has 1 aliphatic rings. The number of ether oxygens (including phenoxy) is 1. The third-order valence-corrected chi connectivity index (χ3v) is 5.30. The van der Waals surface area contributed by atoms with Gasteiger partial charge in [0, 0.05) is 24.1 Å². The van der Waals surface area contributed by atoms with Gasteiger partial charge in [-0.3, -0.25) is 19.5 Å². The fraction of sp³-hybridized carbons (Fsp3) is 0.192. The molecule has 0 aliphatic carbocycles. The largest absolute Gasteiger partial charge is 0.494 e. The van der Waals surface area contributed by atoms with E-state index in [9.17, 15) is 9.59 Å². The minimum absolute atomic E-state index is 0.157. The average molecular weight is 428 g/mol. The highest BCUT2D eigenvalue weighted by Gasteiger charge is 2.39. The average Bonchev–Trinajstić information content (AvgIpc) is 2.99. The highest BCUT2D eigenvalue weighted by atomic mass is 16.5. The highest BCUT2D eigenvalue weighted by molar-refractivity contribution is 6.36. The highest BCUT2D eigenvalue weighted by Crippen LogP contribution is 2.33. The molecule has 32 heavy (non-hydrogen) atoms. The summed E-state index contributed by atoms with van der Waals surface area (Å²) in [5.41, 5.74) is 4.87. The lowest BCUT2D eigenvalue weighted by Gasteiger charge is -2.15. The molecule has 0 bridgehead atoms. The minimum Gasteiger partial charge on any atom is -0.494 e. The van der Waals surface area contributed by atoms with E-state index in [0.29, 0.717) is 23.6 Å². The summed E-state index contributed by atoms with van der Waals surface area (Å²) in [5.74, 6) is 0.0000601. The summed E-state index contributed by atoms with van der Waals surface area (Å²) in [5, 5.41) is 3.20. The first kappa shape index (κ1) is 21.3. The van der Waals surface area contributed by atoms with Crippen LogP contribution in [0.15, 0.2) is 72.7 Å². The lowest BCUT2D eigenvalue weighted by atomic mass is 9.97. The van der Waals surface area contributed by atoms with Crippen LogP contribution in [-0.2, 0) is 16.1 Å². The van der Waals surface area contributed by atoms with Gasteiger partial charge < -0.3 is 10.1 Å². The smallest absolute Gasteiger partial charge is 0.278 e. The molecule has 2 aromatic carbocycles. The van der Waals surface area contributed by atoms with Crippen LogP contribution in [0.4, 0.5) is 5.69 Å². The Bertz CT molecular complexity index is 1200. The van der Waals surface area contributed by atoms with Crippen molar-refractivity contribution in [1.82, 2.24) is 9.88 Å². The van der Waals surface area contributed by atoms with Crippen LogP contribution in [0.5, 0.6) is 5.75 Å². The predicted molar refractivity (Wildman–Crippen MR) is 124 cm³/mol. The third kappa shape index (κ3) is 4.25. The molecule has 6 heteroatoms. The number of imide groups is 1. The zero-order valence-electron chi connectivity index (χ0n) is 18.4. The second-order valence-electron chi connectivity index (χ2n) is 7.71. The molecule has 2 heterocycles. The number of benzene rings is 2. The van der Waals surface area contributed by atoms with Crippen LogP contribution in [0, 0.1) is 13.8 Å². The number of aromatic nitrogens is 1. The Morgan fingerprint density at radius 1 is 1.00 bits per heavy atom. The number of anilines is 1. The van der Waals surface area contributed by atoms with Crippen molar-refractivity contribution in [2.45, 2.75) is 27.3 Å². The molecule has 3 aromatic rings. The molecule has 2 amide bonds. The molecular weight excluding hydrogens is 402 g/mol. The summed E-state index contributed by atoms with van der Waals surface area (Å²) in [4.78, 5) is 32.3. The Balaban J connectivity index is 1.76. The van der Waals surface area contributed by atoms with Gasteiger partial charge in [0.15, 0.2) is 0 Å². The van der Waals surface area contributed by atoms with Gasteiger partial charge in [-0.05, 0) is 55.7 Å². The number of hydrogen-bond donors (Lipinski definition) is 1. The van der Waals surface area contributed by atoms with Gasteiger partial charge in [-0.15, -0.1) is 0 Å². The monoisotopic (exact) mass is 427 g/mol. The number of nitrogens with one attached hydrogen (secondary N) is 1. The second kappa shape index (κ2) is 9.06. The number of carbonyl (C=O) groups is 2. The molecule has 1 aromatic heterocycles. The Hall–Kier alpha value is -3.93. The molecular formula is C26H25N3O3. The van der Waals surface area contributed by atoms with Gasteiger partial charge >= 0.3 is 0 Å². The zero-order chi connectivity index (χ0) is 22.7. The summed E-state index contributed by atoms with van der Waals surface area (Å²) in [6, 6.07) is 16.9. The molecule has 4 rings (SSSR count). The van der Waals surface area contributed by atoms with Crippen LogP contribution < -0.4 is 10.1 Å². The van der Waals surface area contributed by atoms with E-state index >= 15 is 0 Å². The second-order valence-corrected chi connectivity index (χ2v) is 7.71. The molecule has 0 saturated heterocycles. The van der Waals surface area contributed by atoms with Crippen molar-refractivity contribution >= 4 is 23.1 Å². The van der Waals surface area contributed by atoms with Crippen molar-refractivity contribution in [3.8, 4) is 5.75 Å². The molecule has 162 valence electrons. The molecule has 0 radical (unpaired) electrons. The van der Waals surface area contributed by atoms with E-state index in [1.165, 1.54) is 4.90 Å². The summed E-state index contributed by atoms with van der Waals surface area (Å²) in [7, 11) is 0. The van der Waals surface area contributed by atoms with Crippen LogP contribution in [0.1, 0.15) is 29.2 Å². The fourth-order valence-electron chi connectivity index (χ4n) is 3.83. The number of nitrogens with zero attached hydrogens (tertiary/aromatic N) is 2. The van der Waals surface area contributed by atoms with Crippen LogP contribution in [0.3, 0.4) is 0 Å². The molecule has 0 saturated carbocycles. The van der Waals surface area contributed by atoms with Crippen molar-refractivity contribution in [3.63, 3.8) is 0 Å². The van der Waals surface area contributed by atoms with Gasteiger partial charge in [0.1, 0.15) is 11.4 Å². The number of amides is 2. The van der Waals surface area contributed by atoms with E-state index in [1.54, 1.807) is 18.5 Å². The molecule has 0 unspecified atom stereocenters. The van der Waals surface area contributed by atoms with Gasteiger partial charge in [0.2, 0.25) is 0 Å². The number of hydrogen-bond acceptors (Lipinski definition) is 5. The maximum Gasteiger partial charge on any atom is 0.278 e. The summed E-state index contributed by atoms with van der Waals surface area (Å²) in [6.45, 7) is 6.56. The topological polar surface area (TPSA) is 71.5 Å². The predicted octanol–water partition coefficient (Wildman–Crippen LogP) is 4.49. The van der Waals surface area contributed by atoms with Crippen molar-refractivity contribution < 1.29 is 14.3 Å². The van der Waals surface area contributed by atoms with Crippen molar-refractivity contribution in [1.29, 1.82) is 0 Å². The lowest BCUT2D eigenvalue weighted by molar-refractivity contribution is -0.137. The summed E-state index contributed by atoms with van der Waals surface area (Å²) >= 11 is 0. The SMILES string of the molecule is CCOc1cccc(NC2=C(c3ccc(C)cc3C)C(=O)N(Cc3cccnc3)C2=O)c1.